The number of ether oxygens (including phenoxy) is 2. The molecule has 2 heterocycles. The second kappa shape index (κ2) is 8.68. The van der Waals surface area contributed by atoms with Crippen LogP contribution in [0, 0.1) is 17.2 Å². The molecule has 2 aliphatic heterocycles. The molecule has 0 atom stereocenters. The highest BCUT2D eigenvalue weighted by Crippen LogP contribution is 2.32. The molecule has 0 radical (unpaired) electrons. The fourth-order valence-electron chi connectivity index (χ4n) is 3.30. The second-order valence-electron chi connectivity index (χ2n) is 6.53. The normalized spacial score (nSPS) is 17.3. The van der Waals surface area contributed by atoms with E-state index < -0.39 is 0 Å². The standard InChI is InChI=1S/C19H23N3O4/c20-6-1-7-21-18(23)13-22-8-4-14(5-9-22)19(24)15-2-3-16-17(12-15)26-11-10-25-16/h2-3,12,14H,1,4-5,7-11,13H2,(H,21,23). The van der Waals surface area contributed by atoms with Gasteiger partial charge in [-0.2, -0.15) is 5.26 Å². The third-order valence-electron chi connectivity index (χ3n) is 4.71. The average Bonchev–Trinajstić information content (AvgIpc) is 2.68. The Hall–Kier alpha value is -2.59. The van der Waals surface area contributed by atoms with Crippen LogP contribution in [-0.2, 0) is 4.79 Å². The molecule has 1 aromatic rings. The maximum Gasteiger partial charge on any atom is 0.234 e. The second-order valence-corrected chi connectivity index (χ2v) is 6.53. The summed E-state index contributed by atoms with van der Waals surface area (Å²) >= 11 is 0. The molecule has 1 aromatic carbocycles. The molecular formula is C19H23N3O4. The molecule has 2 aliphatic rings. The number of hydrogen-bond donors (Lipinski definition) is 1. The number of hydrogen-bond acceptors (Lipinski definition) is 6. The van der Waals surface area contributed by atoms with Crippen LogP contribution in [0.5, 0.6) is 11.5 Å². The molecule has 0 unspecified atom stereocenters. The van der Waals surface area contributed by atoms with Crippen LogP contribution in [0.15, 0.2) is 18.2 Å². The predicted octanol–water partition coefficient (Wildman–Crippen LogP) is 1.38. The van der Waals surface area contributed by atoms with Crippen LogP contribution < -0.4 is 14.8 Å². The van der Waals surface area contributed by atoms with Gasteiger partial charge in [0.1, 0.15) is 13.2 Å². The highest BCUT2D eigenvalue weighted by Gasteiger charge is 2.27. The largest absolute Gasteiger partial charge is 0.486 e. The fraction of sp³-hybridized carbons (Fsp3) is 0.526. The van der Waals surface area contributed by atoms with E-state index in [0.29, 0.717) is 62.9 Å². The van der Waals surface area contributed by atoms with Gasteiger partial charge in [-0.05, 0) is 44.1 Å². The van der Waals surface area contributed by atoms with Crippen LogP contribution in [0.4, 0.5) is 0 Å². The van der Waals surface area contributed by atoms with Gasteiger partial charge in [-0.25, -0.2) is 0 Å². The van der Waals surface area contributed by atoms with Crippen molar-refractivity contribution in [1.29, 1.82) is 5.26 Å². The summed E-state index contributed by atoms with van der Waals surface area (Å²) in [5.74, 6) is 1.34. The summed E-state index contributed by atoms with van der Waals surface area (Å²) in [6, 6.07) is 7.36. The number of nitriles is 1. The molecule has 0 saturated carbocycles. The molecule has 7 heteroatoms. The number of fused-ring (bicyclic) bond motifs is 1. The van der Waals surface area contributed by atoms with Gasteiger partial charge < -0.3 is 14.8 Å². The Bertz CT molecular complexity index is 705. The summed E-state index contributed by atoms with van der Waals surface area (Å²) < 4.78 is 11.0. The van der Waals surface area contributed by atoms with E-state index in [1.807, 2.05) is 6.07 Å². The van der Waals surface area contributed by atoms with Crippen molar-refractivity contribution >= 4 is 11.7 Å². The number of carbonyl (C=O) groups is 2. The Morgan fingerprint density at radius 1 is 1.19 bits per heavy atom. The number of likely N-dealkylation sites (tertiary alicyclic amines) is 1. The molecule has 0 spiro atoms. The Morgan fingerprint density at radius 2 is 1.92 bits per heavy atom. The van der Waals surface area contributed by atoms with Gasteiger partial charge in [-0.3, -0.25) is 14.5 Å². The Balaban J connectivity index is 1.49. The van der Waals surface area contributed by atoms with Crippen LogP contribution in [0.2, 0.25) is 0 Å². The number of nitrogens with zero attached hydrogens (tertiary/aromatic N) is 2. The molecular weight excluding hydrogens is 334 g/mol. The van der Waals surface area contributed by atoms with Gasteiger partial charge in [0.2, 0.25) is 5.91 Å². The zero-order chi connectivity index (χ0) is 18.4. The number of rotatable bonds is 6. The topological polar surface area (TPSA) is 91.7 Å². The maximum atomic E-state index is 12.8. The maximum absolute atomic E-state index is 12.8. The van der Waals surface area contributed by atoms with E-state index in [4.69, 9.17) is 14.7 Å². The molecule has 1 N–H and O–H groups in total. The minimum Gasteiger partial charge on any atom is -0.486 e. The van der Waals surface area contributed by atoms with E-state index in [9.17, 15) is 9.59 Å². The van der Waals surface area contributed by atoms with E-state index in [-0.39, 0.29) is 17.6 Å². The quantitative estimate of drug-likeness (QED) is 0.611. The first-order valence-electron chi connectivity index (χ1n) is 8.97. The highest BCUT2D eigenvalue weighted by atomic mass is 16.6. The number of Topliss-reactive ketones (excluding diaryl/α,β-unsaturated/α-hetero) is 1. The van der Waals surface area contributed by atoms with E-state index in [1.54, 1.807) is 18.2 Å². The van der Waals surface area contributed by atoms with E-state index in [2.05, 4.69) is 10.2 Å². The summed E-state index contributed by atoms with van der Waals surface area (Å²) in [7, 11) is 0. The molecule has 138 valence electrons. The first-order valence-corrected chi connectivity index (χ1v) is 8.97. The van der Waals surface area contributed by atoms with E-state index in [0.717, 1.165) is 12.8 Å². The van der Waals surface area contributed by atoms with Gasteiger partial charge in [0, 0.05) is 18.0 Å². The van der Waals surface area contributed by atoms with Crippen LogP contribution in [0.25, 0.3) is 0 Å². The molecule has 0 aliphatic carbocycles. The van der Waals surface area contributed by atoms with E-state index in [1.165, 1.54) is 0 Å². The average molecular weight is 357 g/mol. The molecule has 26 heavy (non-hydrogen) atoms. The highest BCUT2D eigenvalue weighted by molar-refractivity contribution is 5.98. The van der Waals surface area contributed by atoms with Crippen molar-refractivity contribution in [2.75, 3.05) is 39.4 Å². The predicted molar refractivity (Wildman–Crippen MR) is 94.2 cm³/mol. The molecule has 3 rings (SSSR count). The lowest BCUT2D eigenvalue weighted by molar-refractivity contribution is -0.122. The van der Waals surface area contributed by atoms with Crippen LogP contribution in [0.1, 0.15) is 29.6 Å². The zero-order valence-electron chi connectivity index (χ0n) is 14.7. The Morgan fingerprint density at radius 3 is 2.65 bits per heavy atom. The van der Waals surface area contributed by atoms with Crippen LogP contribution >= 0.6 is 0 Å². The van der Waals surface area contributed by atoms with Gasteiger partial charge in [-0.15, -0.1) is 0 Å². The molecule has 1 saturated heterocycles. The lowest BCUT2D eigenvalue weighted by atomic mass is 9.88. The van der Waals surface area contributed by atoms with Gasteiger partial charge in [-0.1, -0.05) is 0 Å². The van der Waals surface area contributed by atoms with Crippen LogP contribution in [-0.4, -0.2) is 56.0 Å². The molecule has 1 amide bonds. The first kappa shape index (κ1) is 18.2. The minimum absolute atomic E-state index is 0.0320. The molecule has 0 bridgehead atoms. The summed E-state index contributed by atoms with van der Waals surface area (Å²) in [4.78, 5) is 26.6. The fourth-order valence-corrected chi connectivity index (χ4v) is 3.30. The van der Waals surface area contributed by atoms with Crippen molar-refractivity contribution < 1.29 is 19.1 Å². The van der Waals surface area contributed by atoms with E-state index >= 15 is 0 Å². The Labute approximate surface area is 152 Å². The third kappa shape index (κ3) is 4.52. The number of nitrogens with one attached hydrogen (secondary N) is 1. The van der Waals surface area contributed by atoms with Gasteiger partial charge in [0.15, 0.2) is 17.3 Å². The molecule has 0 aromatic heterocycles. The smallest absolute Gasteiger partial charge is 0.234 e. The van der Waals surface area contributed by atoms with Gasteiger partial charge in [0.05, 0.1) is 19.0 Å². The summed E-state index contributed by atoms with van der Waals surface area (Å²) in [6.07, 6.45) is 1.79. The number of ketones is 1. The van der Waals surface area contributed by atoms with Crippen molar-refractivity contribution in [3.8, 4) is 17.6 Å². The Kier molecular flexibility index (Phi) is 6.08. The third-order valence-corrected chi connectivity index (χ3v) is 4.71. The van der Waals surface area contributed by atoms with Crippen molar-refractivity contribution in [2.45, 2.75) is 19.3 Å². The number of benzene rings is 1. The first-order chi connectivity index (χ1) is 12.7. The lowest BCUT2D eigenvalue weighted by Crippen LogP contribution is -2.42. The number of carbonyl (C=O) groups excluding carboxylic acids is 2. The number of piperidine rings is 1. The summed E-state index contributed by atoms with van der Waals surface area (Å²) in [6.45, 7) is 3.16. The lowest BCUT2D eigenvalue weighted by Gasteiger charge is -2.30. The zero-order valence-corrected chi connectivity index (χ0v) is 14.7. The van der Waals surface area contributed by atoms with Crippen molar-refractivity contribution in [3.63, 3.8) is 0 Å². The monoisotopic (exact) mass is 357 g/mol. The molecule has 7 nitrogen and oxygen atoms in total. The van der Waals surface area contributed by atoms with Crippen LogP contribution in [0.3, 0.4) is 0 Å². The summed E-state index contributed by atoms with van der Waals surface area (Å²) in [5.41, 5.74) is 0.655. The minimum atomic E-state index is -0.0723. The van der Waals surface area contributed by atoms with Crippen molar-refractivity contribution in [2.24, 2.45) is 5.92 Å². The SMILES string of the molecule is N#CCCNC(=O)CN1CCC(C(=O)c2ccc3c(c2)OCCO3)CC1. The van der Waals surface area contributed by atoms with Crippen molar-refractivity contribution in [3.05, 3.63) is 23.8 Å². The van der Waals surface area contributed by atoms with Gasteiger partial charge in [0.25, 0.3) is 0 Å². The van der Waals surface area contributed by atoms with Crippen molar-refractivity contribution in [1.82, 2.24) is 10.2 Å². The van der Waals surface area contributed by atoms with Gasteiger partial charge >= 0.3 is 0 Å². The number of amides is 1. The summed E-state index contributed by atoms with van der Waals surface area (Å²) in [5, 5.41) is 11.2. The molecule has 1 fully saturated rings.